The van der Waals surface area contributed by atoms with Crippen LogP contribution in [0.3, 0.4) is 0 Å². The molecule has 88 valence electrons. The Hall–Kier alpha value is -1.69. The molecule has 0 unspecified atom stereocenters. The van der Waals surface area contributed by atoms with Crippen molar-refractivity contribution in [3.05, 3.63) is 40.4 Å². The maximum Gasteiger partial charge on any atom is 0.238 e. The minimum Gasteiger partial charge on any atom is -0.438 e. The van der Waals surface area contributed by atoms with E-state index in [1.54, 1.807) is 13.0 Å². The van der Waals surface area contributed by atoms with E-state index < -0.39 is 0 Å². The molecule has 0 fully saturated rings. The molecule has 0 amide bonds. The first kappa shape index (κ1) is 11.8. The summed E-state index contributed by atoms with van der Waals surface area (Å²) in [6.45, 7) is 1.66. The van der Waals surface area contributed by atoms with E-state index in [2.05, 4.69) is 25.9 Å². The molecule has 0 aliphatic heterocycles. The van der Waals surface area contributed by atoms with E-state index in [4.69, 9.17) is 10.5 Å². The van der Waals surface area contributed by atoms with E-state index >= 15 is 0 Å². The second-order valence-electron chi connectivity index (χ2n) is 3.39. The highest BCUT2D eigenvalue weighted by Gasteiger charge is 2.09. The summed E-state index contributed by atoms with van der Waals surface area (Å²) in [5.74, 6) is 0.790. The SMILES string of the molecule is Cc1cc(Oc2ncnc(N)c2Br)ccc1F. The lowest BCUT2D eigenvalue weighted by molar-refractivity contribution is 0.456. The number of rotatable bonds is 2. The summed E-state index contributed by atoms with van der Waals surface area (Å²) >= 11 is 3.22. The number of nitrogen functional groups attached to an aromatic ring is 1. The molecule has 0 aliphatic carbocycles. The predicted molar refractivity (Wildman–Crippen MR) is 65.4 cm³/mol. The van der Waals surface area contributed by atoms with Gasteiger partial charge in [-0.25, -0.2) is 14.4 Å². The molecule has 0 saturated heterocycles. The lowest BCUT2D eigenvalue weighted by atomic mass is 10.2. The van der Waals surface area contributed by atoms with E-state index in [9.17, 15) is 4.39 Å². The first-order valence-corrected chi connectivity index (χ1v) is 5.57. The monoisotopic (exact) mass is 297 g/mol. The van der Waals surface area contributed by atoms with Crippen LogP contribution >= 0.6 is 15.9 Å². The second-order valence-corrected chi connectivity index (χ2v) is 4.18. The summed E-state index contributed by atoms with van der Waals surface area (Å²) in [7, 11) is 0. The van der Waals surface area contributed by atoms with Gasteiger partial charge in [0.25, 0.3) is 0 Å². The standard InChI is InChI=1S/C11H9BrFN3O/c1-6-4-7(2-3-8(6)13)17-11-9(12)10(14)15-5-16-11/h2-5H,1H3,(H2,14,15,16). The number of anilines is 1. The van der Waals surface area contributed by atoms with Crippen LogP contribution < -0.4 is 10.5 Å². The Morgan fingerprint density at radius 2 is 2.12 bits per heavy atom. The average molecular weight is 298 g/mol. The van der Waals surface area contributed by atoms with E-state index in [-0.39, 0.29) is 11.6 Å². The van der Waals surface area contributed by atoms with Crippen molar-refractivity contribution in [1.82, 2.24) is 9.97 Å². The highest BCUT2D eigenvalue weighted by Crippen LogP contribution is 2.30. The first-order valence-electron chi connectivity index (χ1n) is 4.78. The molecule has 0 saturated carbocycles. The van der Waals surface area contributed by atoms with Crippen molar-refractivity contribution in [2.75, 3.05) is 5.73 Å². The number of nitrogens with two attached hydrogens (primary N) is 1. The third-order valence-electron chi connectivity index (χ3n) is 2.13. The minimum absolute atomic E-state index is 0.279. The van der Waals surface area contributed by atoms with Gasteiger partial charge in [0.15, 0.2) is 0 Å². The van der Waals surface area contributed by atoms with Crippen LogP contribution in [0.15, 0.2) is 29.0 Å². The fraction of sp³-hybridized carbons (Fsp3) is 0.0909. The highest BCUT2D eigenvalue weighted by molar-refractivity contribution is 9.10. The maximum atomic E-state index is 13.1. The zero-order valence-corrected chi connectivity index (χ0v) is 10.5. The van der Waals surface area contributed by atoms with E-state index in [1.807, 2.05) is 0 Å². The lowest BCUT2D eigenvalue weighted by Crippen LogP contribution is -1.97. The summed E-state index contributed by atoms with van der Waals surface area (Å²) in [5, 5.41) is 0. The van der Waals surface area contributed by atoms with Crippen molar-refractivity contribution in [2.24, 2.45) is 0 Å². The van der Waals surface area contributed by atoms with Gasteiger partial charge < -0.3 is 10.5 Å². The number of aromatic nitrogens is 2. The Kier molecular flexibility index (Phi) is 3.23. The van der Waals surface area contributed by atoms with Gasteiger partial charge in [-0.05, 0) is 46.6 Å². The molecule has 0 bridgehead atoms. The van der Waals surface area contributed by atoms with Crippen LogP contribution in [0.25, 0.3) is 0 Å². The Morgan fingerprint density at radius 1 is 1.35 bits per heavy atom. The third-order valence-corrected chi connectivity index (χ3v) is 2.87. The molecule has 0 radical (unpaired) electrons. The zero-order chi connectivity index (χ0) is 12.4. The molecule has 0 aliphatic rings. The molecule has 1 aromatic carbocycles. The average Bonchev–Trinajstić information content (AvgIpc) is 2.30. The van der Waals surface area contributed by atoms with Crippen molar-refractivity contribution in [2.45, 2.75) is 6.92 Å². The smallest absolute Gasteiger partial charge is 0.238 e. The first-order chi connectivity index (χ1) is 8.08. The number of halogens is 2. The van der Waals surface area contributed by atoms with Gasteiger partial charge in [-0.2, -0.15) is 0 Å². The van der Waals surface area contributed by atoms with Crippen molar-refractivity contribution in [1.29, 1.82) is 0 Å². The number of ether oxygens (including phenoxy) is 1. The van der Waals surface area contributed by atoms with Crippen LogP contribution in [0.4, 0.5) is 10.2 Å². The summed E-state index contributed by atoms with van der Waals surface area (Å²) in [4.78, 5) is 7.72. The Bertz CT molecular complexity index is 562. The predicted octanol–water partition coefficient (Wildman–Crippen LogP) is 3.06. The quantitative estimate of drug-likeness (QED) is 0.925. The molecule has 1 heterocycles. The topological polar surface area (TPSA) is 61.0 Å². The van der Waals surface area contributed by atoms with Gasteiger partial charge in [-0.15, -0.1) is 0 Å². The zero-order valence-electron chi connectivity index (χ0n) is 8.95. The van der Waals surface area contributed by atoms with Crippen LogP contribution in [0.1, 0.15) is 5.56 Å². The summed E-state index contributed by atoms with van der Waals surface area (Å²) in [6.07, 6.45) is 1.30. The molecule has 2 aromatic rings. The van der Waals surface area contributed by atoms with E-state index in [1.165, 1.54) is 18.5 Å². The molecule has 17 heavy (non-hydrogen) atoms. The van der Waals surface area contributed by atoms with Gasteiger partial charge in [0.05, 0.1) is 0 Å². The summed E-state index contributed by atoms with van der Waals surface area (Å²) in [6, 6.07) is 4.44. The number of hydrogen-bond donors (Lipinski definition) is 1. The van der Waals surface area contributed by atoms with Crippen molar-refractivity contribution in [3.63, 3.8) is 0 Å². The van der Waals surface area contributed by atoms with E-state index in [0.717, 1.165) is 0 Å². The largest absolute Gasteiger partial charge is 0.438 e. The van der Waals surface area contributed by atoms with Gasteiger partial charge in [0.2, 0.25) is 5.88 Å². The lowest BCUT2D eigenvalue weighted by Gasteiger charge is -2.08. The highest BCUT2D eigenvalue weighted by atomic mass is 79.9. The fourth-order valence-electron chi connectivity index (χ4n) is 1.23. The normalized spacial score (nSPS) is 10.3. The molecular formula is C11H9BrFN3O. The second kappa shape index (κ2) is 4.67. The molecule has 2 N–H and O–H groups in total. The van der Waals surface area contributed by atoms with E-state index in [0.29, 0.717) is 21.7 Å². The molecule has 6 heteroatoms. The molecular weight excluding hydrogens is 289 g/mol. The fourth-order valence-corrected chi connectivity index (χ4v) is 1.52. The van der Waals surface area contributed by atoms with Crippen molar-refractivity contribution >= 4 is 21.7 Å². The third kappa shape index (κ3) is 2.52. The number of nitrogens with zero attached hydrogens (tertiary/aromatic N) is 2. The Balaban J connectivity index is 2.31. The van der Waals surface area contributed by atoms with Crippen LogP contribution in [0, 0.1) is 12.7 Å². The van der Waals surface area contributed by atoms with Crippen LogP contribution in [0.2, 0.25) is 0 Å². The van der Waals surface area contributed by atoms with Gasteiger partial charge in [0, 0.05) is 0 Å². The minimum atomic E-state index is -0.279. The summed E-state index contributed by atoms with van der Waals surface area (Å²) < 4.78 is 19.0. The maximum absolute atomic E-state index is 13.1. The Morgan fingerprint density at radius 3 is 2.82 bits per heavy atom. The van der Waals surface area contributed by atoms with Crippen LogP contribution in [-0.4, -0.2) is 9.97 Å². The van der Waals surface area contributed by atoms with Crippen molar-refractivity contribution in [3.8, 4) is 11.6 Å². The molecule has 2 rings (SSSR count). The summed E-state index contributed by atoms with van der Waals surface area (Å²) in [5.41, 5.74) is 6.09. The molecule has 0 atom stereocenters. The van der Waals surface area contributed by atoms with Gasteiger partial charge >= 0.3 is 0 Å². The number of hydrogen-bond acceptors (Lipinski definition) is 4. The number of benzene rings is 1. The molecule has 4 nitrogen and oxygen atoms in total. The van der Waals surface area contributed by atoms with Gasteiger partial charge in [-0.1, -0.05) is 0 Å². The van der Waals surface area contributed by atoms with Crippen LogP contribution in [0.5, 0.6) is 11.6 Å². The molecule has 0 spiro atoms. The van der Waals surface area contributed by atoms with Crippen LogP contribution in [-0.2, 0) is 0 Å². The van der Waals surface area contributed by atoms with Crippen molar-refractivity contribution < 1.29 is 9.13 Å². The number of aryl methyl sites for hydroxylation is 1. The Labute approximate surface area is 106 Å². The van der Waals surface area contributed by atoms with Gasteiger partial charge in [-0.3, -0.25) is 0 Å². The molecule has 1 aromatic heterocycles. The van der Waals surface area contributed by atoms with Gasteiger partial charge in [0.1, 0.15) is 28.2 Å².